The Morgan fingerprint density at radius 1 is 1.11 bits per heavy atom. The van der Waals surface area contributed by atoms with Gasteiger partial charge >= 0.3 is 6.18 Å². The van der Waals surface area contributed by atoms with E-state index < -0.39 is 34.2 Å². The van der Waals surface area contributed by atoms with Crippen LogP contribution in [0.1, 0.15) is 16.1 Å². The van der Waals surface area contributed by atoms with E-state index in [0.29, 0.717) is 16.1 Å². The van der Waals surface area contributed by atoms with Crippen LogP contribution >= 0.6 is 23.2 Å². The van der Waals surface area contributed by atoms with E-state index in [1.54, 1.807) is 24.3 Å². The molecule has 28 heavy (non-hydrogen) atoms. The minimum absolute atomic E-state index is 0.161. The van der Waals surface area contributed by atoms with Gasteiger partial charge < -0.3 is 5.32 Å². The average Bonchev–Trinajstić information content (AvgIpc) is 3.02. The fraction of sp³-hybridized carbons (Fsp3) is 0.111. The molecule has 0 spiro atoms. The molecule has 0 bridgehead atoms. The lowest BCUT2D eigenvalue weighted by atomic mass is 10.0. The summed E-state index contributed by atoms with van der Waals surface area (Å²) in [6.07, 6.45) is -3.91. The monoisotopic (exact) mass is 431 g/mol. The lowest BCUT2D eigenvalue weighted by molar-refractivity contribution is -0.141. The highest BCUT2D eigenvalue weighted by molar-refractivity contribution is 6.35. The van der Waals surface area contributed by atoms with Crippen molar-refractivity contribution in [3.8, 4) is 11.1 Å². The Morgan fingerprint density at radius 2 is 1.75 bits per heavy atom. The molecule has 1 aromatic heterocycles. The van der Waals surface area contributed by atoms with Gasteiger partial charge in [-0.2, -0.15) is 18.3 Å². The Bertz CT molecular complexity index is 1050. The molecule has 0 radical (unpaired) electrons. The number of carbonyl (C=O) groups excluding carboxylic acids is 1. The van der Waals surface area contributed by atoms with E-state index in [9.17, 15) is 22.4 Å². The Balaban J connectivity index is 2.07. The molecule has 0 aliphatic carbocycles. The maximum atomic E-state index is 14.0. The van der Waals surface area contributed by atoms with Crippen molar-refractivity contribution in [2.24, 2.45) is 7.05 Å². The van der Waals surface area contributed by atoms with E-state index >= 15 is 0 Å². The summed E-state index contributed by atoms with van der Waals surface area (Å²) in [4.78, 5) is 12.5. The molecule has 0 aliphatic rings. The van der Waals surface area contributed by atoms with Crippen LogP contribution in [0.25, 0.3) is 11.1 Å². The van der Waals surface area contributed by atoms with Crippen molar-refractivity contribution < 1.29 is 22.4 Å². The van der Waals surface area contributed by atoms with E-state index in [4.69, 9.17) is 23.2 Å². The zero-order valence-corrected chi connectivity index (χ0v) is 15.6. The second kappa shape index (κ2) is 7.44. The number of rotatable bonds is 3. The summed E-state index contributed by atoms with van der Waals surface area (Å²) in [5.41, 5.74) is -1.38. The standard InChI is InChI=1S/C18H11Cl2F4N3O/c1-27-8-12(16(26-27)18(22,23)24)17(28)25-15-11(6-7-13(21)14(15)20)9-2-4-10(19)5-3-9/h2-8H,1H3,(H,25,28). The molecule has 4 nitrogen and oxygen atoms in total. The summed E-state index contributed by atoms with van der Waals surface area (Å²) < 4.78 is 54.2. The number of halogens is 6. The Morgan fingerprint density at radius 3 is 2.36 bits per heavy atom. The maximum Gasteiger partial charge on any atom is 0.435 e. The second-order valence-corrected chi connectivity index (χ2v) is 6.62. The van der Waals surface area contributed by atoms with Gasteiger partial charge in [0.1, 0.15) is 10.8 Å². The molecule has 2 aromatic carbocycles. The maximum absolute atomic E-state index is 14.0. The van der Waals surface area contributed by atoms with E-state index in [0.717, 1.165) is 16.9 Å². The number of amides is 1. The van der Waals surface area contributed by atoms with Gasteiger partial charge in [0.15, 0.2) is 5.69 Å². The lowest BCUT2D eigenvalue weighted by Crippen LogP contribution is -2.18. The molecular formula is C18H11Cl2F4N3O. The van der Waals surface area contributed by atoms with Gasteiger partial charge in [0, 0.05) is 23.8 Å². The Labute approximate surface area is 166 Å². The fourth-order valence-electron chi connectivity index (χ4n) is 2.59. The summed E-state index contributed by atoms with van der Waals surface area (Å²) in [7, 11) is 1.25. The van der Waals surface area contributed by atoms with Gasteiger partial charge in [-0.3, -0.25) is 9.48 Å². The predicted octanol–water partition coefficient (Wildman–Crippen LogP) is 5.80. The number of carbonyl (C=O) groups is 1. The number of nitrogens with zero attached hydrogens (tertiary/aromatic N) is 2. The first-order valence-corrected chi connectivity index (χ1v) is 8.49. The zero-order valence-electron chi connectivity index (χ0n) is 14.1. The molecular weight excluding hydrogens is 421 g/mol. The molecule has 3 aromatic rings. The van der Waals surface area contributed by atoms with E-state index in [2.05, 4.69) is 10.4 Å². The van der Waals surface area contributed by atoms with Crippen molar-refractivity contribution in [3.63, 3.8) is 0 Å². The molecule has 0 aliphatic heterocycles. The van der Waals surface area contributed by atoms with Gasteiger partial charge in [-0.25, -0.2) is 4.39 Å². The molecule has 10 heteroatoms. The topological polar surface area (TPSA) is 46.9 Å². The molecule has 1 amide bonds. The molecule has 0 unspecified atom stereocenters. The van der Waals surface area contributed by atoms with Crippen molar-refractivity contribution >= 4 is 34.8 Å². The third kappa shape index (κ3) is 3.98. The quantitative estimate of drug-likeness (QED) is 0.532. The van der Waals surface area contributed by atoms with Gasteiger partial charge in [-0.1, -0.05) is 35.3 Å². The lowest BCUT2D eigenvalue weighted by Gasteiger charge is -2.14. The van der Waals surface area contributed by atoms with Crippen molar-refractivity contribution in [3.05, 3.63) is 69.7 Å². The smallest absolute Gasteiger partial charge is 0.320 e. The minimum atomic E-state index is -4.83. The van der Waals surface area contributed by atoms with Crippen molar-refractivity contribution in [2.75, 3.05) is 5.32 Å². The summed E-state index contributed by atoms with van der Waals surface area (Å²) in [6, 6.07) is 8.80. The van der Waals surface area contributed by atoms with Gasteiger partial charge in [0.2, 0.25) is 0 Å². The van der Waals surface area contributed by atoms with Crippen LogP contribution in [0.3, 0.4) is 0 Å². The third-order valence-electron chi connectivity index (χ3n) is 3.83. The summed E-state index contributed by atoms with van der Waals surface area (Å²) in [6.45, 7) is 0. The third-order valence-corrected chi connectivity index (χ3v) is 4.45. The summed E-state index contributed by atoms with van der Waals surface area (Å²) in [5, 5.41) is 5.58. The predicted molar refractivity (Wildman–Crippen MR) is 98.0 cm³/mol. The molecule has 0 saturated carbocycles. The van der Waals surface area contributed by atoms with Crippen LogP contribution in [0.2, 0.25) is 10.0 Å². The number of benzene rings is 2. The van der Waals surface area contributed by atoms with Crippen LogP contribution in [0.4, 0.5) is 23.2 Å². The number of hydrogen-bond donors (Lipinski definition) is 1. The highest BCUT2D eigenvalue weighted by atomic mass is 35.5. The molecule has 1 heterocycles. The first-order chi connectivity index (χ1) is 13.1. The molecule has 0 fully saturated rings. The van der Waals surface area contributed by atoms with Crippen LogP contribution in [-0.4, -0.2) is 15.7 Å². The van der Waals surface area contributed by atoms with Crippen molar-refractivity contribution in [2.45, 2.75) is 6.18 Å². The van der Waals surface area contributed by atoms with Crippen molar-refractivity contribution in [1.82, 2.24) is 9.78 Å². The summed E-state index contributed by atoms with van der Waals surface area (Å²) in [5.74, 6) is -1.96. The largest absolute Gasteiger partial charge is 0.435 e. The Kier molecular flexibility index (Phi) is 5.36. The number of hydrogen-bond acceptors (Lipinski definition) is 2. The average molecular weight is 432 g/mol. The highest BCUT2D eigenvalue weighted by Gasteiger charge is 2.39. The highest BCUT2D eigenvalue weighted by Crippen LogP contribution is 2.37. The van der Waals surface area contributed by atoms with Crippen LogP contribution < -0.4 is 5.32 Å². The first kappa shape index (κ1) is 20.2. The van der Waals surface area contributed by atoms with Crippen LogP contribution in [0.15, 0.2) is 42.6 Å². The van der Waals surface area contributed by atoms with Gasteiger partial charge in [0.05, 0.1) is 11.3 Å². The fourth-order valence-corrected chi connectivity index (χ4v) is 2.93. The second-order valence-electron chi connectivity index (χ2n) is 5.81. The van der Waals surface area contributed by atoms with Crippen LogP contribution in [0, 0.1) is 5.82 Å². The van der Waals surface area contributed by atoms with Crippen molar-refractivity contribution in [1.29, 1.82) is 0 Å². The SMILES string of the molecule is Cn1cc(C(=O)Nc2c(-c3ccc(Cl)cc3)ccc(F)c2Cl)c(C(F)(F)F)n1. The Hall–Kier alpha value is -2.58. The first-order valence-electron chi connectivity index (χ1n) is 7.74. The van der Waals surface area contributed by atoms with Crippen LogP contribution in [0.5, 0.6) is 0 Å². The number of aromatic nitrogens is 2. The van der Waals surface area contributed by atoms with Gasteiger partial charge in [0.25, 0.3) is 5.91 Å². The van der Waals surface area contributed by atoms with E-state index in [-0.39, 0.29) is 5.69 Å². The summed E-state index contributed by atoms with van der Waals surface area (Å²) >= 11 is 11.8. The molecule has 1 N–H and O–H groups in total. The molecule has 146 valence electrons. The normalized spacial score (nSPS) is 11.5. The number of anilines is 1. The number of aryl methyl sites for hydroxylation is 1. The zero-order chi connectivity index (χ0) is 20.6. The van der Waals surface area contributed by atoms with Crippen LogP contribution in [-0.2, 0) is 13.2 Å². The van der Waals surface area contributed by atoms with E-state index in [1.807, 2.05) is 0 Å². The van der Waals surface area contributed by atoms with Gasteiger partial charge in [-0.05, 0) is 29.8 Å². The number of alkyl halides is 3. The van der Waals surface area contributed by atoms with Gasteiger partial charge in [-0.15, -0.1) is 0 Å². The minimum Gasteiger partial charge on any atom is -0.320 e. The number of nitrogens with one attached hydrogen (secondary N) is 1. The molecule has 3 rings (SSSR count). The molecule has 0 atom stereocenters. The molecule has 0 saturated heterocycles. The van der Waals surface area contributed by atoms with E-state index in [1.165, 1.54) is 13.1 Å².